The highest BCUT2D eigenvalue weighted by molar-refractivity contribution is 7.99. The molecule has 2 nitrogen and oxygen atoms in total. The number of thioether (sulfide) groups is 1. The summed E-state index contributed by atoms with van der Waals surface area (Å²) >= 11 is 1.85. The van der Waals surface area contributed by atoms with Gasteiger partial charge in [0.2, 0.25) is 0 Å². The van der Waals surface area contributed by atoms with Gasteiger partial charge in [0.15, 0.2) is 0 Å². The highest BCUT2D eigenvalue weighted by Gasteiger charge is 1.95. The maximum Gasteiger partial charge on any atom is 0.104 e. The lowest BCUT2D eigenvalue weighted by Gasteiger charge is -2.03. The van der Waals surface area contributed by atoms with Crippen LogP contribution in [0.25, 0.3) is 0 Å². The van der Waals surface area contributed by atoms with E-state index < -0.39 is 0 Å². The molecule has 0 radical (unpaired) electrons. The van der Waals surface area contributed by atoms with E-state index in [4.69, 9.17) is 5.73 Å². The van der Waals surface area contributed by atoms with Gasteiger partial charge in [0, 0.05) is 6.54 Å². The third-order valence-electron chi connectivity index (χ3n) is 1.06. The van der Waals surface area contributed by atoms with Crippen LogP contribution in [-0.4, -0.2) is 23.9 Å². The quantitative estimate of drug-likeness (QED) is 0.509. The lowest BCUT2D eigenvalue weighted by Crippen LogP contribution is -2.15. The maximum atomic E-state index is 5.60. The minimum atomic E-state index is 0.745. The van der Waals surface area contributed by atoms with Crippen LogP contribution in [0.1, 0.15) is 20.8 Å². The van der Waals surface area contributed by atoms with Crippen molar-refractivity contribution in [2.45, 2.75) is 20.8 Å². The Morgan fingerprint density at radius 1 is 1.55 bits per heavy atom. The number of hydrogen-bond donors (Lipinski definition) is 1. The predicted octanol–water partition coefficient (Wildman–Crippen LogP) is 1.75. The fourth-order valence-corrected chi connectivity index (χ4v) is 1.54. The molecule has 0 aromatic rings. The number of nitrogens with zero attached hydrogens (tertiary/aromatic N) is 1. The average Bonchev–Trinajstić information content (AvgIpc) is 1.87. The molecule has 0 aromatic heterocycles. The molecular weight excluding hydrogens is 156 g/mol. The molecule has 0 saturated carbocycles. The third-order valence-corrected chi connectivity index (χ3v) is 2.46. The molecule has 0 aliphatic rings. The van der Waals surface area contributed by atoms with Gasteiger partial charge in [-0.05, 0) is 18.6 Å². The van der Waals surface area contributed by atoms with Gasteiger partial charge in [0.1, 0.15) is 5.84 Å². The molecule has 0 fully saturated rings. The van der Waals surface area contributed by atoms with Gasteiger partial charge >= 0.3 is 0 Å². The summed E-state index contributed by atoms with van der Waals surface area (Å²) in [6.07, 6.45) is 0. The van der Waals surface area contributed by atoms with Gasteiger partial charge in [-0.25, -0.2) is 0 Å². The zero-order valence-electron chi connectivity index (χ0n) is 7.63. The standard InChI is InChI=1S/C8H18N2S/c1-4-10-8(9)6-11-5-7(2)3/h7H,4-6H2,1-3H3,(H2,9,10). The summed E-state index contributed by atoms with van der Waals surface area (Å²) in [6.45, 7) is 7.22. The molecule has 0 aromatic carbocycles. The van der Waals surface area contributed by atoms with Crippen molar-refractivity contribution in [1.29, 1.82) is 0 Å². The van der Waals surface area contributed by atoms with E-state index in [9.17, 15) is 0 Å². The highest BCUT2D eigenvalue weighted by Crippen LogP contribution is 2.06. The van der Waals surface area contributed by atoms with Crippen molar-refractivity contribution in [2.24, 2.45) is 16.6 Å². The first-order chi connectivity index (χ1) is 5.16. The van der Waals surface area contributed by atoms with E-state index in [2.05, 4.69) is 18.8 Å². The topological polar surface area (TPSA) is 38.4 Å². The minimum absolute atomic E-state index is 0.745. The molecule has 66 valence electrons. The Kier molecular flexibility index (Phi) is 6.42. The van der Waals surface area contributed by atoms with Crippen LogP contribution in [-0.2, 0) is 0 Å². The van der Waals surface area contributed by atoms with Gasteiger partial charge < -0.3 is 5.73 Å². The van der Waals surface area contributed by atoms with Crippen molar-refractivity contribution in [3.63, 3.8) is 0 Å². The second-order valence-corrected chi connectivity index (χ2v) is 3.90. The highest BCUT2D eigenvalue weighted by atomic mass is 32.2. The summed E-state index contributed by atoms with van der Waals surface area (Å²) in [5, 5.41) is 0. The second kappa shape index (κ2) is 6.53. The molecule has 0 saturated heterocycles. The smallest absolute Gasteiger partial charge is 0.104 e. The number of aliphatic imine (C=N–C) groups is 1. The molecule has 0 heterocycles. The molecule has 0 spiro atoms. The first kappa shape index (κ1) is 10.8. The van der Waals surface area contributed by atoms with Gasteiger partial charge in [-0.15, -0.1) is 0 Å². The molecule has 0 atom stereocenters. The number of nitrogens with two attached hydrogens (primary N) is 1. The van der Waals surface area contributed by atoms with Gasteiger partial charge in [-0.1, -0.05) is 13.8 Å². The van der Waals surface area contributed by atoms with E-state index in [-0.39, 0.29) is 0 Å². The predicted molar refractivity (Wildman–Crippen MR) is 54.3 cm³/mol. The second-order valence-electron chi connectivity index (χ2n) is 2.87. The van der Waals surface area contributed by atoms with Crippen molar-refractivity contribution in [1.82, 2.24) is 0 Å². The summed E-state index contributed by atoms with van der Waals surface area (Å²) in [6, 6.07) is 0. The Hall–Kier alpha value is -0.180. The van der Waals surface area contributed by atoms with Crippen molar-refractivity contribution in [3.05, 3.63) is 0 Å². The number of amidine groups is 1. The molecular formula is C8H18N2S. The van der Waals surface area contributed by atoms with E-state index in [1.807, 2.05) is 18.7 Å². The monoisotopic (exact) mass is 174 g/mol. The molecule has 0 amide bonds. The van der Waals surface area contributed by atoms with Crippen LogP contribution in [0.4, 0.5) is 0 Å². The first-order valence-electron chi connectivity index (χ1n) is 4.03. The van der Waals surface area contributed by atoms with Crippen LogP contribution in [0.15, 0.2) is 4.99 Å². The molecule has 11 heavy (non-hydrogen) atoms. The Morgan fingerprint density at radius 3 is 2.64 bits per heavy atom. The summed E-state index contributed by atoms with van der Waals surface area (Å²) in [7, 11) is 0. The molecule has 0 unspecified atom stereocenters. The molecule has 3 heteroatoms. The van der Waals surface area contributed by atoms with Gasteiger partial charge in [-0.2, -0.15) is 11.8 Å². The lowest BCUT2D eigenvalue weighted by atomic mass is 10.3. The lowest BCUT2D eigenvalue weighted by molar-refractivity contribution is 0.751. The van der Waals surface area contributed by atoms with Crippen molar-refractivity contribution in [3.8, 4) is 0 Å². The van der Waals surface area contributed by atoms with E-state index in [0.717, 1.165) is 24.1 Å². The van der Waals surface area contributed by atoms with Gasteiger partial charge in [-0.3, -0.25) is 4.99 Å². The van der Waals surface area contributed by atoms with Crippen molar-refractivity contribution in [2.75, 3.05) is 18.1 Å². The van der Waals surface area contributed by atoms with Crippen LogP contribution < -0.4 is 5.73 Å². The summed E-state index contributed by atoms with van der Waals surface area (Å²) < 4.78 is 0. The van der Waals surface area contributed by atoms with Gasteiger partial charge in [0.05, 0.1) is 5.75 Å². The normalized spacial score (nSPS) is 12.5. The van der Waals surface area contributed by atoms with Gasteiger partial charge in [0.25, 0.3) is 0 Å². The summed E-state index contributed by atoms with van der Waals surface area (Å²) in [5.41, 5.74) is 5.60. The molecule has 2 N–H and O–H groups in total. The van der Waals surface area contributed by atoms with Crippen molar-refractivity contribution >= 4 is 17.6 Å². The van der Waals surface area contributed by atoms with Crippen LogP contribution in [0.5, 0.6) is 0 Å². The zero-order chi connectivity index (χ0) is 8.69. The SMILES string of the molecule is CCN=C(N)CSCC(C)C. The van der Waals surface area contributed by atoms with E-state index >= 15 is 0 Å². The molecule has 0 aliphatic carbocycles. The molecule has 0 bridgehead atoms. The number of rotatable bonds is 5. The van der Waals surface area contributed by atoms with E-state index in [1.165, 1.54) is 5.75 Å². The van der Waals surface area contributed by atoms with E-state index in [1.54, 1.807) is 0 Å². The fourth-order valence-electron chi connectivity index (χ4n) is 0.648. The fraction of sp³-hybridized carbons (Fsp3) is 0.875. The minimum Gasteiger partial charge on any atom is -0.387 e. The van der Waals surface area contributed by atoms with Crippen molar-refractivity contribution < 1.29 is 0 Å². The van der Waals surface area contributed by atoms with Crippen LogP contribution >= 0.6 is 11.8 Å². The Bertz CT molecular complexity index is 121. The zero-order valence-corrected chi connectivity index (χ0v) is 8.45. The van der Waals surface area contributed by atoms with E-state index in [0.29, 0.717) is 0 Å². The maximum absolute atomic E-state index is 5.60. The van der Waals surface area contributed by atoms with Crippen LogP contribution in [0, 0.1) is 5.92 Å². The molecule has 0 aliphatic heterocycles. The first-order valence-corrected chi connectivity index (χ1v) is 5.18. The van der Waals surface area contributed by atoms with Crippen LogP contribution in [0.2, 0.25) is 0 Å². The summed E-state index contributed by atoms with van der Waals surface area (Å²) in [5.74, 6) is 3.57. The largest absolute Gasteiger partial charge is 0.387 e. The summed E-state index contributed by atoms with van der Waals surface area (Å²) in [4.78, 5) is 4.10. The average molecular weight is 174 g/mol. The number of hydrogen-bond acceptors (Lipinski definition) is 2. The molecule has 0 rings (SSSR count). The van der Waals surface area contributed by atoms with Crippen LogP contribution in [0.3, 0.4) is 0 Å². The third kappa shape index (κ3) is 7.72. The Balaban J connectivity index is 3.31. The Labute approximate surface area is 73.7 Å². The Morgan fingerprint density at radius 2 is 2.18 bits per heavy atom.